The third-order valence-electron chi connectivity index (χ3n) is 2.92. The van der Waals surface area contributed by atoms with Gasteiger partial charge in [-0.15, -0.1) is 0 Å². The molecule has 0 aliphatic heterocycles. The number of nitro groups is 1. The molecule has 6 nitrogen and oxygen atoms in total. The van der Waals surface area contributed by atoms with Gasteiger partial charge in [-0.2, -0.15) is 4.39 Å². The highest BCUT2D eigenvalue weighted by Crippen LogP contribution is 2.32. The summed E-state index contributed by atoms with van der Waals surface area (Å²) in [4.78, 5) is 13.7. The molecule has 0 radical (unpaired) electrons. The van der Waals surface area contributed by atoms with Crippen LogP contribution in [-0.2, 0) is 0 Å². The zero-order chi connectivity index (χ0) is 15.6. The Labute approximate surface area is 118 Å². The first-order valence-electron chi connectivity index (χ1n) is 6.27. The lowest BCUT2D eigenvalue weighted by Crippen LogP contribution is -2.17. The van der Waals surface area contributed by atoms with Crippen molar-refractivity contribution in [3.05, 3.63) is 46.0 Å². The van der Waals surface area contributed by atoms with Crippen LogP contribution in [-0.4, -0.2) is 16.5 Å². The molecule has 1 atom stereocenters. The number of halogens is 2. The van der Waals surface area contributed by atoms with E-state index in [0.717, 1.165) is 18.3 Å². The number of hydrogen-bond acceptors (Lipinski definition) is 5. The molecule has 1 aromatic heterocycles. The molecule has 1 unspecified atom stereocenters. The Morgan fingerprint density at radius 3 is 2.81 bits per heavy atom. The first-order valence-corrected chi connectivity index (χ1v) is 6.27. The molecule has 0 aliphatic rings. The van der Waals surface area contributed by atoms with Crippen LogP contribution in [0.3, 0.4) is 0 Å². The van der Waals surface area contributed by atoms with Gasteiger partial charge in [-0.1, -0.05) is 6.92 Å². The van der Waals surface area contributed by atoms with Gasteiger partial charge in [0.1, 0.15) is 5.82 Å². The largest absolute Gasteiger partial charge is 0.439 e. The van der Waals surface area contributed by atoms with E-state index in [1.165, 1.54) is 0 Å². The molecule has 21 heavy (non-hydrogen) atoms. The molecule has 112 valence electrons. The van der Waals surface area contributed by atoms with E-state index in [2.05, 4.69) is 10.3 Å². The molecule has 1 heterocycles. The second kappa shape index (κ2) is 5.96. The molecule has 2 rings (SSSR count). The van der Waals surface area contributed by atoms with E-state index in [1.54, 1.807) is 6.92 Å². The molecule has 0 saturated carbocycles. The molecule has 1 N–H and O–H groups in total. The van der Waals surface area contributed by atoms with Crippen LogP contribution >= 0.6 is 0 Å². The van der Waals surface area contributed by atoms with E-state index in [-0.39, 0.29) is 17.7 Å². The fourth-order valence-electron chi connectivity index (χ4n) is 1.91. The van der Waals surface area contributed by atoms with Crippen molar-refractivity contribution in [1.82, 2.24) is 10.3 Å². The number of aromatic nitrogens is 1. The van der Waals surface area contributed by atoms with Crippen molar-refractivity contribution in [2.24, 2.45) is 0 Å². The quantitative estimate of drug-likeness (QED) is 0.677. The fraction of sp³-hybridized carbons (Fsp3) is 0.308. The van der Waals surface area contributed by atoms with Crippen LogP contribution in [0.15, 0.2) is 22.7 Å². The van der Waals surface area contributed by atoms with Crippen LogP contribution < -0.4 is 5.32 Å². The molecule has 0 fully saturated rings. The van der Waals surface area contributed by atoms with Gasteiger partial charge in [0.05, 0.1) is 22.7 Å². The molecule has 1 aromatic carbocycles. The van der Waals surface area contributed by atoms with Gasteiger partial charge in [0.2, 0.25) is 11.7 Å². The van der Waals surface area contributed by atoms with Crippen LogP contribution in [0.2, 0.25) is 0 Å². The normalized spacial score (nSPS) is 12.4. The lowest BCUT2D eigenvalue weighted by atomic mass is 10.1. The second-order valence-corrected chi connectivity index (χ2v) is 4.35. The molecular formula is C13H13F2N3O3. The average molecular weight is 297 g/mol. The average Bonchev–Trinajstić information content (AvgIpc) is 2.88. The minimum Gasteiger partial charge on any atom is -0.439 e. The van der Waals surface area contributed by atoms with Crippen LogP contribution in [0.1, 0.15) is 25.8 Å². The summed E-state index contributed by atoms with van der Waals surface area (Å²) in [5.74, 6) is -2.17. The summed E-state index contributed by atoms with van der Waals surface area (Å²) in [6.07, 6.45) is 1.15. The van der Waals surface area contributed by atoms with Crippen molar-refractivity contribution in [1.29, 1.82) is 0 Å². The monoisotopic (exact) mass is 297 g/mol. The first kappa shape index (κ1) is 15.0. The number of hydrogen-bond donors (Lipinski definition) is 1. The molecule has 0 bridgehead atoms. The van der Waals surface area contributed by atoms with Gasteiger partial charge in [0.15, 0.2) is 5.76 Å². The topological polar surface area (TPSA) is 81.2 Å². The Morgan fingerprint density at radius 2 is 2.19 bits per heavy atom. The molecular weight excluding hydrogens is 284 g/mol. The van der Waals surface area contributed by atoms with E-state index >= 15 is 0 Å². The molecule has 2 aromatic rings. The van der Waals surface area contributed by atoms with Gasteiger partial charge >= 0.3 is 5.69 Å². The van der Waals surface area contributed by atoms with E-state index in [0.29, 0.717) is 6.54 Å². The smallest absolute Gasteiger partial charge is 0.305 e. The Morgan fingerprint density at radius 1 is 1.48 bits per heavy atom. The maximum absolute atomic E-state index is 14.0. The zero-order valence-corrected chi connectivity index (χ0v) is 11.4. The predicted molar refractivity (Wildman–Crippen MR) is 70.6 cm³/mol. The van der Waals surface area contributed by atoms with Crippen molar-refractivity contribution in [2.45, 2.75) is 19.9 Å². The highest BCUT2D eigenvalue weighted by Gasteiger charge is 2.25. The maximum atomic E-state index is 14.0. The maximum Gasteiger partial charge on any atom is 0.305 e. The minimum absolute atomic E-state index is 0.187. The molecule has 8 heteroatoms. The van der Waals surface area contributed by atoms with Crippen molar-refractivity contribution >= 4 is 5.69 Å². The number of nitrogens with one attached hydrogen (secondary N) is 1. The van der Waals surface area contributed by atoms with Gasteiger partial charge in [0.25, 0.3) is 0 Å². The first-order chi connectivity index (χ1) is 9.95. The summed E-state index contributed by atoms with van der Waals surface area (Å²) >= 11 is 0. The summed E-state index contributed by atoms with van der Waals surface area (Å²) in [5.41, 5.74) is -1.41. The predicted octanol–water partition coefficient (Wildman–Crippen LogP) is 3.20. The second-order valence-electron chi connectivity index (χ2n) is 4.35. The van der Waals surface area contributed by atoms with Gasteiger partial charge in [-0.25, -0.2) is 9.37 Å². The summed E-state index contributed by atoms with van der Waals surface area (Å²) < 4.78 is 33.1. The Bertz CT molecular complexity index is 673. The van der Waals surface area contributed by atoms with Crippen LogP contribution in [0.25, 0.3) is 11.3 Å². The Hall–Kier alpha value is -2.35. The lowest BCUT2D eigenvalue weighted by Gasteiger charge is -2.07. The Balaban J connectivity index is 2.47. The number of benzene rings is 1. The number of nitrogens with zero attached hydrogens (tertiary/aromatic N) is 2. The summed E-state index contributed by atoms with van der Waals surface area (Å²) in [5, 5.41) is 13.7. The van der Waals surface area contributed by atoms with Crippen molar-refractivity contribution < 1.29 is 18.1 Å². The molecule has 0 aliphatic carbocycles. The minimum atomic E-state index is -1.28. The molecule has 0 spiro atoms. The zero-order valence-electron chi connectivity index (χ0n) is 11.4. The van der Waals surface area contributed by atoms with Gasteiger partial charge < -0.3 is 9.73 Å². The number of nitro benzene ring substituents is 1. The van der Waals surface area contributed by atoms with E-state index in [4.69, 9.17) is 4.42 Å². The third-order valence-corrected chi connectivity index (χ3v) is 2.92. The molecule has 0 amide bonds. The summed E-state index contributed by atoms with van der Waals surface area (Å²) in [7, 11) is 0. The summed E-state index contributed by atoms with van der Waals surface area (Å²) in [6.45, 7) is 4.33. The van der Waals surface area contributed by atoms with E-state index in [9.17, 15) is 18.9 Å². The highest BCUT2D eigenvalue weighted by molar-refractivity contribution is 5.62. The van der Waals surface area contributed by atoms with Crippen LogP contribution in [0.4, 0.5) is 14.5 Å². The summed E-state index contributed by atoms with van der Waals surface area (Å²) in [6, 6.07) is 1.35. The van der Waals surface area contributed by atoms with E-state index < -0.39 is 27.8 Å². The highest BCUT2D eigenvalue weighted by atomic mass is 19.1. The fourth-order valence-corrected chi connectivity index (χ4v) is 1.91. The third kappa shape index (κ3) is 2.89. The standard InChI is InChI=1S/C13H13F2N3O3/c1-3-16-7(2)13-17-6-10(21-13)11-8(14)4-5-9(12(11)15)18(19)20/h4-7,16H,3H2,1-2H3. The Kier molecular flexibility index (Phi) is 4.27. The molecule has 0 saturated heterocycles. The van der Waals surface area contributed by atoms with Crippen LogP contribution in [0.5, 0.6) is 0 Å². The number of oxazole rings is 1. The lowest BCUT2D eigenvalue weighted by molar-refractivity contribution is -0.387. The van der Waals surface area contributed by atoms with Gasteiger partial charge in [0, 0.05) is 6.07 Å². The van der Waals surface area contributed by atoms with Crippen molar-refractivity contribution in [2.75, 3.05) is 6.54 Å². The number of rotatable bonds is 5. The SMILES string of the molecule is CCNC(C)c1ncc(-c2c(F)ccc([N+](=O)[O-])c2F)o1. The van der Waals surface area contributed by atoms with Gasteiger partial charge in [-0.3, -0.25) is 10.1 Å². The van der Waals surface area contributed by atoms with Gasteiger partial charge in [-0.05, 0) is 19.5 Å². The van der Waals surface area contributed by atoms with Crippen molar-refractivity contribution in [3.63, 3.8) is 0 Å². The van der Waals surface area contributed by atoms with E-state index in [1.807, 2.05) is 6.92 Å². The van der Waals surface area contributed by atoms with Crippen molar-refractivity contribution in [3.8, 4) is 11.3 Å². The van der Waals surface area contributed by atoms with Crippen LogP contribution in [0, 0.1) is 21.7 Å².